The summed E-state index contributed by atoms with van der Waals surface area (Å²) in [6.45, 7) is 1.74. The SMILES string of the molecule is CN1CCN(C)C1=O.Cn1ccn(C)c1=O. The van der Waals surface area contributed by atoms with Crippen LogP contribution in [0.15, 0.2) is 17.2 Å². The van der Waals surface area contributed by atoms with Crippen molar-refractivity contribution in [1.82, 2.24) is 18.9 Å². The maximum Gasteiger partial charge on any atom is 0.327 e. The van der Waals surface area contributed by atoms with Gasteiger partial charge in [0.05, 0.1) is 0 Å². The molecule has 1 aliphatic heterocycles. The van der Waals surface area contributed by atoms with Crippen LogP contribution in [0.4, 0.5) is 4.79 Å². The van der Waals surface area contributed by atoms with Crippen molar-refractivity contribution in [3.05, 3.63) is 22.9 Å². The highest BCUT2D eigenvalue weighted by atomic mass is 16.2. The smallest absolute Gasteiger partial charge is 0.326 e. The molecule has 1 saturated heterocycles. The number of likely N-dealkylation sites (N-methyl/N-ethyl adjacent to an activating group) is 2. The number of urea groups is 1. The van der Waals surface area contributed by atoms with E-state index in [0.717, 1.165) is 13.1 Å². The fraction of sp³-hybridized carbons (Fsp3) is 0.600. The van der Waals surface area contributed by atoms with Gasteiger partial charge in [-0.05, 0) is 0 Å². The Hall–Kier alpha value is -1.72. The van der Waals surface area contributed by atoms with Crippen LogP contribution in [-0.4, -0.2) is 52.1 Å². The lowest BCUT2D eigenvalue weighted by atomic mass is 10.6. The maximum atomic E-state index is 10.8. The molecule has 0 unspecified atom stereocenters. The van der Waals surface area contributed by atoms with Gasteiger partial charge < -0.3 is 18.9 Å². The predicted molar refractivity (Wildman–Crippen MR) is 61.3 cm³/mol. The second-order valence-corrected chi connectivity index (χ2v) is 3.93. The molecule has 1 aliphatic rings. The van der Waals surface area contributed by atoms with Crippen LogP contribution in [0.2, 0.25) is 0 Å². The Kier molecular flexibility index (Phi) is 3.76. The molecule has 0 aromatic carbocycles. The monoisotopic (exact) mass is 226 g/mol. The first kappa shape index (κ1) is 12.4. The number of amides is 2. The van der Waals surface area contributed by atoms with E-state index in [1.165, 1.54) is 9.13 Å². The van der Waals surface area contributed by atoms with E-state index in [4.69, 9.17) is 0 Å². The van der Waals surface area contributed by atoms with Crippen molar-refractivity contribution in [2.24, 2.45) is 14.1 Å². The Morgan fingerprint density at radius 1 is 0.875 bits per heavy atom. The normalized spacial score (nSPS) is 15.1. The zero-order chi connectivity index (χ0) is 12.3. The van der Waals surface area contributed by atoms with Gasteiger partial charge in [-0.1, -0.05) is 0 Å². The first-order chi connectivity index (χ1) is 7.43. The third-order valence-electron chi connectivity index (χ3n) is 2.54. The van der Waals surface area contributed by atoms with E-state index >= 15 is 0 Å². The van der Waals surface area contributed by atoms with E-state index in [2.05, 4.69) is 0 Å². The van der Waals surface area contributed by atoms with Crippen LogP contribution in [0.3, 0.4) is 0 Å². The number of nitrogens with zero attached hydrogens (tertiary/aromatic N) is 4. The summed E-state index contributed by atoms with van der Waals surface area (Å²) in [6, 6.07) is 0.130. The highest BCUT2D eigenvalue weighted by Crippen LogP contribution is 2.00. The van der Waals surface area contributed by atoms with Crippen LogP contribution in [0.1, 0.15) is 0 Å². The Bertz CT molecular complexity index is 386. The van der Waals surface area contributed by atoms with E-state index in [9.17, 15) is 9.59 Å². The van der Waals surface area contributed by atoms with Gasteiger partial charge in [-0.2, -0.15) is 0 Å². The second-order valence-electron chi connectivity index (χ2n) is 3.93. The molecule has 1 aromatic rings. The lowest BCUT2D eigenvalue weighted by Crippen LogP contribution is -2.25. The first-order valence-corrected chi connectivity index (χ1v) is 5.07. The van der Waals surface area contributed by atoms with Crippen molar-refractivity contribution >= 4 is 6.03 Å². The number of imidazole rings is 1. The van der Waals surface area contributed by atoms with Gasteiger partial charge in [-0.3, -0.25) is 0 Å². The van der Waals surface area contributed by atoms with Gasteiger partial charge in [-0.15, -0.1) is 0 Å². The van der Waals surface area contributed by atoms with Crippen LogP contribution < -0.4 is 5.69 Å². The highest BCUT2D eigenvalue weighted by Gasteiger charge is 2.20. The van der Waals surface area contributed by atoms with E-state index in [1.54, 1.807) is 36.3 Å². The molecule has 0 bridgehead atoms. The van der Waals surface area contributed by atoms with Crippen molar-refractivity contribution in [2.45, 2.75) is 0 Å². The summed E-state index contributed by atoms with van der Waals surface area (Å²) in [5.74, 6) is 0. The van der Waals surface area contributed by atoms with Gasteiger partial charge in [0.1, 0.15) is 0 Å². The average Bonchev–Trinajstić information content (AvgIpc) is 2.70. The fourth-order valence-electron chi connectivity index (χ4n) is 1.36. The van der Waals surface area contributed by atoms with Crippen LogP contribution in [-0.2, 0) is 14.1 Å². The topological polar surface area (TPSA) is 50.5 Å². The summed E-state index contributed by atoms with van der Waals surface area (Å²) in [4.78, 5) is 24.9. The summed E-state index contributed by atoms with van der Waals surface area (Å²) in [5, 5.41) is 0. The number of rotatable bonds is 0. The van der Waals surface area contributed by atoms with Crippen LogP contribution >= 0.6 is 0 Å². The summed E-state index contributed by atoms with van der Waals surface area (Å²) < 4.78 is 3.06. The Balaban J connectivity index is 0.000000160. The molecule has 0 atom stereocenters. The molecule has 0 N–H and O–H groups in total. The number of aromatic nitrogens is 2. The molecular weight excluding hydrogens is 208 g/mol. The van der Waals surface area contributed by atoms with Crippen LogP contribution in [0, 0.1) is 0 Å². The van der Waals surface area contributed by atoms with Gasteiger partial charge in [0.2, 0.25) is 0 Å². The molecule has 0 saturated carbocycles. The second kappa shape index (κ2) is 4.87. The van der Waals surface area contributed by atoms with E-state index in [0.29, 0.717) is 0 Å². The van der Waals surface area contributed by atoms with Gasteiger partial charge in [0, 0.05) is 53.7 Å². The van der Waals surface area contributed by atoms with E-state index < -0.39 is 0 Å². The van der Waals surface area contributed by atoms with Crippen molar-refractivity contribution in [3.63, 3.8) is 0 Å². The van der Waals surface area contributed by atoms with Gasteiger partial charge in [0.25, 0.3) is 0 Å². The Morgan fingerprint density at radius 2 is 1.25 bits per heavy atom. The lowest BCUT2D eigenvalue weighted by molar-refractivity contribution is 0.205. The minimum Gasteiger partial charge on any atom is -0.326 e. The predicted octanol–water partition coefficient (Wildman–Crippen LogP) is -0.293. The molecule has 2 amide bonds. The molecule has 0 aliphatic carbocycles. The number of hydrogen-bond acceptors (Lipinski definition) is 2. The van der Waals surface area contributed by atoms with Gasteiger partial charge >= 0.3 is 11.7 Å². The highest BCUT2D eigenvalue weighted by molar-refractivity contribution is 5.75. The zero-order valence-electron chi connectivity index (χ0n) is 10.2. The van der Waals surface area contributed by atoms with Gasteiger partial charge in [-0.25, -0.2) is 9.59 Å². The Morgan fingerprint density at radius 3 is 1.38 bits per heavy atom. The standard InChI is InChI=1S/C5H10N2O.C5H8N2O/c2*1-6-3-4-7(2)5(6)8/h3-4H2,1-2H3;3-4H,1-2H3. The average molecular weight is 226 g/mol. The first-order valence-electron chi connectivity index (χ1n) is 5.07. The minimum atomic E-state index is 0.0185. The largest absolute Gasteiger partial charge is 0.327 e. The number of carbonyl (C=O) groups excluding carboxylic acids is 1. The molecule has 1 aromatic heterocycles. The third kappa shape index (κ3) is 2.65. The van der Waals surface area contributed by atoms with Gasteiger partial charge in [0.15, 0.2) is 0 Å². The van der Waals surface area contributed by atoms with E-state index in [1.807, 2.05) is 14.1 Å². The molecule has 90 valence electrons. The molecule has 0 radical (unpaired) electrons. The lowest BCUT2D eigenvalue weighted by Gasteiger charge is -2.07. The molecule has 6 heteroatoms. The summed E-state index contributed by atoms with van der Waals surface area (Å²) in [6.07, 6.45) is 3.45. The van der Waals surface area contributed by atoms with Crippen molar-refractivity contribution in [1.29, 1.82) is 0 Å². The Labute approximate surface area is 94.7 Å². The quantitative estimate of drug-likeness (QED) is 0.610. The molecule has 6 nitrogen and oxygen atoms in total. The van der Waals surface area contributed by atoms with Crippen LogP contribution in [0.5, 0.6) is 0 Å². The van der Waals surface area contributed by atoms with Crippen molar-refractivity contribution in [2.75, 3.05) is 27.2 Å². The zero-order valence-corrected chi connectivity index (χ0v) is 10.2. The minimum absolute atomic E-state index is 0.0185. The number of hydrogen-bond donors (Lipinski definition) is 0. The molecule has 2 heterocycles. The molecule has 0 spiro atoms. The van der Waals surface area contributed by atoms with Crippen molar-refractivity contribution < 1.29 is 4.79 Å². The molecule has 1 fully saturated rings. The summed E-state index contributed by atoms with van der Waals surface area (Å²) in [7, 11) is 7.07. The molecular formula is C10H18N4O2. The fourth-order valence-corrected chi connectivity index (χ4v) is 1.36. The van der Waals surface area contributed by atoms with Crippen molar-refractivity contribution in [3.8, 4) is 0 Å². The summed E-state index contributed by atoms with van der Waals surface area (Å²) >= 11 is 0. The van der Waals surface area contributed by atoms with Crippen LogP contribution in [0.25, 0.3) is 0 Å². The number of carbonyl (C=O) groups is 1. The summed E-state index contributed by atoms with van der Waals surface area (Å²) in [5.41, 5.74) is 0.0185. The number of aryl methyl sites for hydroxylation is 2. The third-order valence-corrected chi connectivity index (χ3v) is 2.54. The molecule has 2 rings (SSSR count). The van der Waals surface area contributed by atoms with E-state index in [-0.39, 0.29) is 11.7 Å². The molecule has 16 heavy (non-hydrogen) atoms. The maximum absolute atomic E-state index is 10.8.